The number of hydrogen-bond donors (Lipinski definition) is 0. The summed E-state index contributed by atoms with van der Waals surface area (Å²) < 4.78 is 37.0. The van der Waals surface area contributed by atoms with E-state index in [1.807, 2.05) is 0 Å². The largest absolute Gasteiger partial charge is 0.462 e. The first-order valence-electron chi connectivity index (χ1n) is 8.54. The minimum absolute atomic E-state index is 0.124. The Morgan fingerprint density at radius 3 is 2.30 bits per heavy atom. The molecule has 0 fully saturated rings. The van der Waals surface area contributed by atoms with Gasteiger partial charge in [-0.1, -0.05) is 13.8 Å². The van der Waals surface area contributed by atoms with Crippen LogP contribution in [0.15, 0.2) is 56.4 Å². The Morgan fingerprint density at radius 2 is 1.74 bits per heavy atom. The minimum Gasteiger partial charge on any atom is -0.462 e. The standard InChI is InChI=1S/C19H20N2O5S/c1-4-21(5-2)27(23,24)16-10-7-14(8-11-16)18-20-17(19(22)26-18)12-15-9-6-13(3)25-15/h6-12H,4-5H2,1-3H3/b17-12-. The van der Waals surface area contributed by atoms with Gasteiger partial charge in [-0.15, -0.1) is 0 Å². The first-order valence-corrected chi connectivity index (χ1v) is 9.98. The highest BCUT2D eigenvalue weighted by atomic mass is 32.2. The fourth-order valence-corrected chi connectivity index (χ4v) is 4.14. The molecule has 27 heavy (non-hydrogen) atoms. The second-order valence-corrected chi connectivity index (χ2v) is 7.84. The third-order valence-electron chi connectivity index (χ3n) is 4.11. The van der Waals surface area contributed by atoms with Gasteiger partial charge >= 0.3 is 5.97 Å². The molecule has 1 aromatic carbocycles. The fraction of sp³-hybridized carbons (Fsp3) is 0.263. The molecule has 2 heterocycles. The molecule has 0 saturated carbocycles. The van der Waals surface area contributed by atoms with Crippen LogP contribution in [0, 0.1) is 6.92 Å². The van der Waals surface area contributed by atoms with Gasteiger partial charge in [0.15, 0.2) is 5.70 Å². The molecular formula is C19H20N2O5S. The monoisotopic (exact) mass is 388 g/mol. The van der Waals surface area contributed by atoms with Crippen LogP contribution in [0.3, 0.4) is 0 Å². The summed E-state index contributed by atoms with van der Waals surface area (Å²) in [7, 11) is -3.54. The Morgan fingerprint density at radius 1 is 1.07 bits per heavy atom. The maximum Gasteiger partial charge on any atom is 0.363 e. The molecule has 1 aromatic heterocycles. The molecule has 7 nitrogen and oxygen atoms in total. The molecule has 0 N–H and O–H groups in total. The normalized spacial score (nSPS) is 16.1. The number of cyclic esters (lactones) is 1. The molecule has 0 atom stereocenters. The molecule has 1 aliphatic heterocycles. The quantitative estimate of drug-likeness (QED) is 0.561. The summed E-state index contributed by atoms with van der Waals surface area (Å²) in [5, 5.41) is 0. The van der Waals surface area contributed by atoms with E-state index in [0.29, 0.717) is 24.4 Å². The summed E-state index contributed by atoms with van der Waals surface area (Å²) in [6, 6.07) is 9.63. The molecule has 0 radical (unpaired) electrons. The molecule has 8 heteroatoms. The summed E-state index contributed by atoms with van der Waals surface area (Å²) in [4.78, 5) is 16.4. The summed E-state index contributed by atoms with van der Waals surface area (Å²) in [6.45, 7) is 6.17. The molecule has 1 aliphatic rings. The first-order chi connectivity index (χ1) is 12.8. The Balaban J connectivity index is 1.86. The zero-order valence-corrected chi connectivity index (χ0v) is 16.1. The number of esters is 1. The number of carbonyl (C=O) groups excluding carboxylic acids is 1. The van der Waals surface area contributed by atoms with Gasteiger partial charge in [-0.3, -0.25) is 0 Å². The lowest BCUT2D eigenvalue weighted by molar-refractivity contribution is -0.129. The second-order valence-electron chi connectivity index (χ2n) is 5.90. The molecule has 142 valence electrons. The Hall–Kier alpha value is -2.71. The number of furan rings is 1. The van der Waals surface area contributed by atoms with Crippen molar-refractivity contribution in [1.82, 2.24) is 4.31 Å². The molecule has 0 aliphatic carbocycles. The fourth-order valence-electron chi connectivity index (χ4n) is 2.68. The van der Waals surface area contributed by atoms with Gasteiger partial charge in [-0.2, -0.15) is 4.31 Å². The SMILES string of the molecule is CCN(CC)S(=O)(=O)c1ccc(C2=N/C(=C\c3ccc(C)o3)C(=O)O2)cc1. The summed E-state index contributed by atoms with van der Waals surface area (Å²) in [5.74, 6) is 0.771. The van der Waals surface area contributed by atoms with Crippen molar-refractivity contribution < 1.29 is 22.4 Å². The Bertz CT molecular complexity index is 1010. The van der Waals surface area contributed by atoms with E-state index in [2.05, 4.69) is 4.99 Å². The molecule has 2 aromatic rings. The van der Waals surface area contributed by atoms with E-state index in [1.54, 1.807) is 45.0 Å². The van der Waals surface area contributed by atoms with Crippen molar-refractivity contribution in [3.63, 3.8) is 0 Å². The lowest BCUT2D eigenvalue weighted by Crippen LogP contribution is -2.30. The Labute approximate surface area is 158 Å². The lowest BCUT2D eigenvalue weighted by Gasteiger charge is -2.18. The van der Waals surface area contributed by atoms with E-state index < -0.39 is 16.0 Å². The van der Waals surface area contributed by atoms with Crippen LogP contribution in [0.5, 0.6) is 0 Å². The predicted molar refractivity (Wildman–Crippen MR) is 101 cm³/mol. The van der Waals surface area contributed by atoms with Crippen LogP contribution in [0.2, 0.25) is 0 Å². The van der Waals surface area contributed by atoms with Crippen LogP contribution in [0.25, 0.3) is 6.08 Å². The topological polar surface area (TPSA) is 89.2 Å². The molecule has 0 saturated heterocycles. The van der Waals surface area contributed by atoms with E-state index in [9.17, 15) is 13.2 Å². The summed E-state index contributed by atoms with van der Waals surface area (Å²) >= 11 is 0. The third kappa shape index (κ3) is 3.86. The zero-order valence-electron chi connectivity index (χ0n) is 15.3. The number of ether oxygens (including phenoxy) is 1. The molecule has 3 rings (SSSR count). The van der Waals surface area contributed by atoms with Gasteiger partial charge in [0.1, 0.15) is 11.5 Å². The number of rotatable bonds is 6. The number of sulfonamides is 1. The lowest BCUT2D eigenvalue weighted by atomic mass is 10.2. The molecule has 0 bridgehead atoms. The van der Waals surface area contributed by atoms with Gasteiger partial charge in [0, 0.05) is 24.7 Å². The third-order valence-corrected chi connectivity index (χ3v) is 6.17. The van der Waals surface area contributed by atoms with Crippen molar-refractivity contribution in [2.45, 2.75) is 25.7 Å². The van der Waals surface area contributed by atoms with Crippen LogP contribution >= 0.6 is 0 Å². The maximum absolute atomic E-state index is 12.5. The van der Waals surface area contributed by atoms with Gasteiger partial charge in [0.2, 0.25) is 15.9 Å². The van der Waals surface area contributed by atoms with Crippen LogP contribution in [-0.2, 0) is 19.6 Å². The first kappa shape index (κ1) is 19.1. The Kier molecular flexibility index (Phi) is 5.29. The van der Waals surface area contributed by atoms with Gasteiger partial charge in [-0.05, 0) is 43.3 Å². The number of carbonyl (C=O) groups is 1. The van der Waals surface area contributed by atoms with Crippen molar-refractivity contribution in [2.75, 3.05) is 13.1 Å². The highest BCUT2D eigenvalue weighted by molar-refractivity contribution is 7.89. The number of hydrogen-bond acceptors (Lipinski definition) is 6. The van der Waals surface area contributed by atoms with Gasteiger partial charge < -0.3 is 9.15 Å². The highest BCUT2D eigenvalue weighted by Crippen LogP contribution is 2.22. The van der Waals surface area contributed by atoms with Crippen molar-refractivity contribution in [1.29, 1.82) is 0 Å². The average molecular weight is 388 g/mol. The number of aliphatic imine (C=N–C) groups is 1. The van der Waals surface area contributed by atoms with Gasteiger partial charge in [0.05, 0.1) is 4.90 Å². The van der Waals surface area contributed by atoms with E-state index in [0.717, 1.165) is 5.76 Å². The molecule has 0 amide bonds. The van der Waals surface area contributed by atoms with Gasteiger partial charge in [-0.25, -0.2) is 18.2 Å². The summed E-state index contributed by atoms with van der Waals surface area (Å²) in [6.07, 6.45) is 1.50. The molecule has 0 spiro atoms. The minimum atomic E-state index is -3.54. The van der Waals surface area contributed by atoms with Crippen molar-refractivity contribution in [2.24, 2.45) is 4.99 Å². The van der Waals surface area contributed by atoms with E-state index >= 15 is 0 Å². The highest BCUT2D eigenvalue weighted by Gasteiger charge is 2.26. The van der Waals surface area contributed by atoms with Crippen molar-refractivity contribution in [3.05, 3.63) is 59.2 Å². The predicted octanol–water partition coefficient (Wildman–Crippen LogP) is 2.96. The summed E-state index contributed by atoms with van der Waals surface area (Å²) in [5.41, 5.74) is 0.639. The van der Waals surface area contributed by atoms with Crippen molar-refractivity contribution in [3.8, 4) is 0 Å². The van der Waals surface area contributed by atoms with Crippen LogP contribution in [0.4, 0.5) is 0 Å². The average Bonchev–Trinajstić information content (AvgIpc) is 3.22. The van der Waals surface area contributed by atoms with Crippen LogP contribution in [0.1, 0.15) is 30.9 Å². The number of nitrogens with zero attached hydrogens (tertiary/aromatic N) is 2. The maximum atomic E-state index is 12.5. The molecule has 0 unspecified atom stereocenters. The van der Waals surface area contributed by atoms with Gasteiger partial charge in [0.25, 0.3) is 0 Å². The smallest absolute Gasteiger partial charge is 0.363 e. The van der Waals surface area contributed by atoms with Crippen molar-refractivity contribution >= 4 is 28.0 Å². The molecular weight excluding hydrogens is 368 g/mol. The van der Waals surface area contributed by atoms with Crippen LogP contribution < -0.4 is 0 Å². The van der Waals surface area contributed by atoms with E-state index in [-0.39, 0.29) is 16.5 Å². The number of aryl methyl sites for hydroxylation is 1. The number of benzene rings is 1. The zero-order chi connectivity index (χ0) is 19.6. The van der Waals surface area contributed by atoms with E-state index in [4.69, 9.17) is 9.15 Å². The van der Waals surface area contributed by atoms with E-state index in [1.165, 1.54) is 22.5 Å². The van der Waals surface area contributed by atoms with Crippen LogP contribution in [-0.4, -0.2) is 37.7 Å². The second kappa shape index (κ2) is 7.50.